The first-order valence-electron chi connectivity index (χ1n) is 10.8. The maximum absolute atomic E-state index is 12.7. The molecule has 2 aromatic heterocycles. The smallest absolute Gasteiger partial charge is 0.335 e. The molecule has 3 aromatic carbocycles. The first-order chi connectivity index (χ1) is 16.3. The van der Waals surface area contributed by atoms with Crippen molar-refractivity contribution in [3.8, 4) is 11.6 Å². The van der Waals surface area contributed by atoms with Gasteiger partial charge >= 0.3 is 5.69 Å². The third kappa shape index (κ3) is 3.47. The Balaban J connectivity index is 1.76. The molecule has 0 amide bonds. The Bertz CT molecular complexity index is 1670. The van der Waals surface area contributed by atoms with Crippen molar-refractivity contribution >= 4 is 33.7 Å². The summed E-state index contributed by atoms with van der Waals surface area (Å²) in [5, 5.41) is 12.7. The summed E-state index contributed by atoms with van der Waals surface area (Å²) in [7, 11) is 0. The minimum Gasteiger partial charge on any atom is -0.493 e. The van der Waals surface area contributed by atoms with Gasteiger partial charge in [0.15, 0.2) is 0 Å². The van der Waals surface area contributed by atoms with Gasteiger partial charge in [-0.05, 0) is 44.0 Å². The van der Waals surface area contributed by atoms with Crippen LogP contribution in [0, 0.1) is 20.8 Å². The van der Waals surface area contributed by atoms with E-state index in [1.54, 1.807) is 0 Å². The van der Waals surface area contributed by atoms with Gasteiger partial charge in [-0.3, -0.25) is 14.8 Å². The summed E-state index contributed by atoms with van der Waals surface area (Å²) in [6.45, 7) is 5.67. The predicted octanol–water partition coefficient (Wildman–Crippen LogP) is 4.61. The monoisotopic (exact) mass is 450 g/mol. The van der Waals surface area contributed by atoms with E-state index in [0.717, 1.165) is 43.1 Å². The van der Waals surface area contributed by atoms with Crippen LogP contribution in [-0.2, 0) is 0 Å². The van der Waals surface area contributed by atoms with Crippen molar-refractivity contribution in [2.45, 2.75) is 20.8 Å². The van der Waals surface area contributed by atoms with Crippen LogP contribution in [0.4, 0.5) is 5.69 Å². The SMILES string of the molecule is Cc1cc(C)c(-n2c(O)c(C=Nc3c4ccccc4nc4ccccc34)c(=O)[nH]c2=O)c(C)c1. The van der Waals surface area contributed by atoms with Crippen LogP contribution < -0.4 is 11.2 Å². The third-order valence-corrected chi connectivity index (χ3v) is 5.86. The van der Waals surface area contributed by atoms with Crippen LogP contribution in [0.1, 0.15) is 22.3 Å². The van der Waals surface area contributed by atoms with Gasteiger partial charge in [0.2, 0.25) is 5.88 Å². The molecule has 0 saturated carbocycles. The Morgan fingerprint density at radius 3 is 2.06 bits per heavy atom. The molecule has 2 heterocycles. The number of aromatic amines is 1. The van der Waals surface area contributed by atoms with E-state index in [-0.39, 0.29) is 5.56 Å². The summed E-state index contributed by atoms with van der Waals surface area (Å²) in [4.78, 5) is 37.0. The minimum atomic E-state index is -0.715. The lowest BCUT2D eigenvalue weighted by molar-refractivity contribution is 0.429. The number of aryl methyl sites for hydroxylation is 3. The van der Waals surface area contributed by atoms with Gasteiger partial charge < -0.3 is 5.11 Å². The fourth-order valence-electron chi connectivity index (χ4n) is 4.47. The summed E-state index contributed by atoms with van der Waals surface area (Å²) in [6.07, 6.45) is 1.30. The van der Waals surface area contributed by atoms with Gasteiger partial charge in [-0.1, -0.05) is 54.1 Å². The highest BCUT2D eigenvalue weighted by molar-refractivity contribution is 6.07. The first kappa shape index (κ1) is 21.3. The Kier molecular flexibility index (Phi) is 5.09. The largest absolute Gasteiger partial charge is 0.493 e. The molecule has 5 rings (SSSR count). The molecule has 0 unspecified atom stereocenters. The number of H-pyrrole nitrogens is 1. The zero-order chi connectivity index (χ0) is 24.0. The zero-order valence-corrected chi connectivity index (χ0v) is 19.0. The van der Waals surface area contributed by atoms with E-state index in [1.807, 2.05) is 81.4 Å². The number of aromatic hydroxyl groups is 1. The maximum Gasteiger partial charge on any atom is 0.335 e. The van der Waals surface area contributed by atoms with Crippen molar-refractivity contribution in [2.75, 3.05) is 0 Å². The Labute approximate surface area is 194 Å². The van der Waals surface area contributed by atoms with Crippen LogP contribution in [0.3, 0.4) is 0 Å². The maximum atomic E-state index is 12.7. The number of benzene rings is 3. The second-order valence-electron chi connectivity index (χ2n) is 8.33. The first-order valence-corrected chi connectivity index (χ1v) is 10.8. The summed E-state index contributed by atoms with van der Waals surface area (Å²) in [5.74, 6) is -0.463. The Hall–Kier alpha value is -4.52. The molecule has 5 aromatic rings. The summed E-state index contributed by atoms with van der Waals surface area (Å²) in [6, 6.07) is 19.0. The van der Waals surface area contributed by atoms with Gasteiger partial charge in [-0.2, -0.15) is 0 Å². The van der Waals surface area contributed by atoms with Gasteiger partial charge in [-0.15, -0.1) is 0 Å². The highest BCUT2D eigenvalue weighted by atomic mass is 16.3. The van der Waals surface area contributed by atoms with Crippen molar-refractivity contribution in [3.05, 3.63) is 104 Å². The van der Waals surface area contributed by atoms with E-state index in [9.17, 15) is 14.7 Å². The Morgan fingerprint density at radius 1 is 0.912 bits per heavy atom. The average molecular weight is 450 g/mol. The van der Waals surface area contributed by atoms with Crippen LogP contribution in [0.15, 0.2) is 75.2 Å². The topological polar surface area (TPSA) is 100 Å². The quantitative estimate of drug-likeness (QED) is 0.310. The van der Waals surface area contributed by atoms with Crippen LogP contribution in [0.2, 0.25) is 0 Å². The zero-order valence-electron chi connectivity index (χ0n) is 19.0. The molecule has 34 heavy (non-hydrogen) atoms. The molecule has 0 aliphatic carbocycles. The predicted molar refractivity (Wildman–Crippen MR) is 135 cm³/mol. The average Bonchev–Trinajstić information content (AvgIpc) is 2.79. The van der Waals surface area contributed by atoms with Gasteiger partial charge in [0.05, 0.1) is 22.4 Å². The minimum absolute atomic E-state index is 0.107. The van der Waals surface area contributed by atoms with Crippen molar-refractivity contribution < 1.29 is 5.11 Å². The van der Waals surface area contributed by atoms with Gasteiger partial charge in [0.1, 0.15) is 5.56 Å². The second-order valence-corrected chi connectivity index (χ2v) is 8.33. The van der Waals surface area contributed by atoms with Gasteiger partial charge in [0, 0.05) is 17.0 Å². The van der Waals surface area contributed by atoms with Crippen molar-refractivity contribution in [2.24, 2.45) is 4.99 Å². The summed E-state index contributed by atoms with van der Waals surface area (Å²) >= 11 is 0. The van der Waals surface area contributed by atoms with Crippen LogP contribution in [0.5, 0.6) is 5.88 Å². The molecular weight excluding hydrogens is 428 g/mol. The van der Waals surface area contributed by atoms with Gasteiger partial charge in [-0.25, -0.2) is 14.3 Å². The number of hydrogen-bond donors (Lipinski definition) is 2. The molecule has 0 atom stereocenters. The fourth-order valence-corrected chi connectivity index (χ4v) is 4.47. The lowest BCUT2D eigenvalue weighted by atomic mass is 10.0. The van der Waals surface area contributed by atoms with E-state index < -0.39 is 17.1 Å². The van der Waals surface area contributed by atoms with Crippen LogP contribution >= 0.6 is 0 Å². The molecule has 0 radical (unpaired) electrons. The number of rotatable bonds is 3. The second kappa shape index (κ2) is 8.12. The molecule has 0 fully saturated rings. The third-order valence-electron chi connectivity index (χ3n) is 5.86. The number of fused-ring (bicyclic) bond motifs is 2. The molecule has 168 valence electrons. The molecule has 0 aliphatic rings. The lowest BCUT2D eigenvalue weighted by Crippen LogP contribution is -2.32. The molecule has 7 heteroatoms. The molecule has 7 nitrogen and oxygen atoms in total. The van der Waals surface area contributed by atoms with Crippen LogP contribution in [0.25, 0.3) is 27.5 Å². The number of aromatic nitrogens is 3. The van der Waals surface area contributed by atoms with E-state index in [4.69, 9.17) is 0 Å². The normalized spacial score (nSPS) is 11.6. The number of nitrogens with one attached hydrogen (secondary N) is 1. The number of nitrogens with zero attached hydrogens (tertiary/aromatic N) is 3. The lowest BCUT2D eigenvalue weighted by Gasteiger charge is -2.15. The van der Waals surface area contributed by atoms with Crippen molar-refractivity contribution in [3.63, 3.8) is 0 Å². The highest BCUT2D eigenvalue weighted by Crippen LogP contribution is 2.33. The van der Waals surface area contributed by atoms with E-state index in [1.165, 1.54) is 6.21 Å². The highest BCUT2D eigenvalue weighted by Gasteiger charge is 2.18. The van der Waals surface area contributed by atoms with Gasteiger partial charge in [0.25, 0.3) is 5.56 Å². The van der Waals surface area contributed by atoms with E-state index in [0.29, 0.717) is 11.4 Å². The fraction of sp³-hybridized carbons (Fsp3) is 0.111. The number of aliphatic imine (C=N–C) groups is 1. The summed E-state index contributed by atoms with van der Waals surface area (Å²) < 4.78 is 1.12. The summed E-state index contributed by atoms with van der Waals surface area (Å²) in [5.41, 5.74) is 3.79. The molecule has 0 spiro atoms. The van der Waals surface area contributed by atoms with E-state index >= 15 is 0 Å². The molecular formula is C27H22N4O3. The van der Waals surface area contributed by atoms with Crippen molar-refractivity contribution in [1.82, 2.24) is 14.5 Å². The van der Waals surface area contributed by atoms with Crippen molar-refractivity contribution in [1.29, 1.82) is 0 Å². The number of para-hydroxylation sites is 2. The molecule has 2 N–H and O–H groups in total. The number of hydrogen-bond acceptors (Lipinski definition) is 5. The Morgan fingerprint density at radius 2 is 1.47 bits per heavy atom. The standard InChI is InChI=1S/C27H22N4O3/c1-15-12-16(2)24(17(3)13-15)31-26(33)20(25(32)30-27(31)34)14-28-23-18-8-4-6-10-21(18)29-22-11-7-5-9-19(22)23/h4-14,33H,1-3H3,(H,30,32,34). The van der Waals surface area contributed by atoms with E-state index in [2.05, 4.69) is 15.0 Å². The number of pyridine rings is 1. The molecule has 0 aliphatic heterocycles. The van der Waals surface area contributed by atoms with Crippen LogP contribution in [-0.4, -0.2) is 25.9 Å². The molecule has 0 bridgehead atoms. The molecule has 0 saturated heterocycles.